The number of aryl methyl sites for hydroxylation is 1. The first-order valence-electron chi connectivity index (χ1n) is 6.87. The average molecular weight is 277 g/mol. The number of hydrogen-bond acceptors (Lipinski definition) is 3. The summed E-state index contributed by atoms with van der Waals surface area (Å²) >= 11 is 0. The Morgan fingerprint density at radius 1 is 1.40 bits per heavy atom. The zero-order chi connectivity index (χ0) is 14.2. The highest BCUT2D eigenvalue weighted by Crippen LogP contribution is 2.09. The molecule has 0 radical (unpaired) electrons. The van der Waals surface area contributed by atoms with Gasteiger partial charge in [0.25, 0.3) is 0 Å². The van der Waals surface area contributed by atoms with Crippen molar-refractivity contribution in [1.82, 2.24) is 9.55 Å². The molecule has 0 aliphatic carbocycles. The molecule has 0 amide bonds. The van der Waals surface area contributed by atoms with Crippen LogP contribution in [0.15, 0.2) is 36.7 Å². The van der Waals surface area contributed by atoms with Crippen LogP contribution in [0.3, 0.4) is 0 Å². The van der Waals surface area contributed by atoms with E-state index in [0.29, 0.717) is 6.54 Å². The fraction of sp³-hybridized carbons (Fsp3) is 0.400. The average Bonchev–Trinajstić information content (AvgIpc) is 2.89. The molecule has 0 spiro atoms. The summed E-state index contributed by atoms with van der Waals surface area (Å²) in [5.41, 5.74) is 0.897. The highest BCUT2D eigenvalue weighted by molar-refractivity contribution is 5.29. The maximum absolute atomic E-state index is 13.1. The zero-order valence-corrected chi connectivity index (χ0v) is 11.7. The molecule has 0 aliphatic rings. The number of rotatable bonds is 8. The third-order valence-electron chi connectivity index (χ3n) is 2.95. The van der Waals surface area contributed by atoms with Gasteiger partial charge in [-0.1, -0.05) is 12.1 Å². The highest BCUT2D eigenvalue weighted by Gasteiger charge is 2.02. The molecule has 2 aromatic rings. The van der Waals surface area contributed by atoms with Crippen LogP contribution in [0.2, 0.25) is 0 Å². The smallest absolute Gasteiger partial charge is 0.203 e. The van der Waals surface area contributed by atoms with E-state index in [1.807, 2.05) is 23.8 Å². The van der Waals surface area contributed by atoms with Crippen LogP contribution < -0.4 is 5.32 Å². The van der Waals surface area contributed by atoms with E-state index in [0.717, 1.165) is 37.7 Å². The van der Waals surface area contributed by atoms with Gasteiger partial charge < -0.3 is 14.6 Å². The third kappa shape index (κ3) is 4.35. The van der Waals surface area contributed by atoms with Crippen LogP contribution >= 0.6 is 0 Å². The number of anilines is 1. The number of benzene rings is 1. The summed E-state index contributed by atoms with van der Waals surface area (Å²) in [4.78, 5) is 4.27. The van der Waals surface area contributed by atoms with Crippen LogP contribution in [-0.2, 0) is 17.8 Å². The Kier molecular flexibility index (Phi) is 5.55. The first kappa shape index (κ1) is 14.5. The molecular formula is C15H20FN3O. The second kappa shape index (κ2) is 7.65. The van der Waals surface area contributed by atoms with Crippen LogP contribution in [0.4, 0.5) is 10.3 Å². The number of nitrogens with one attached hydrogen (secondary N) is 1. The van der Waals surface area contributed by atoms with Gasteiger partial charge in [-0.3, -0.25) is 0 Å². The first-order valence-corrected chi connectivity index (χ1v) is 6.87. The highest BCUT2D eigenvalue weighted by atomic mass is 19.1. The maximum atomic E-state index is 13.1. The van der Waals surface area contributed by atoms with Gasteiger partial charge in [-0.25, -0.2) is 9.37 Å². The van der Waals surface area contributed by atoms with Crippen molar-refractivity contribution in [1.29, 1.82) is 0 Å². The van der Waals surface area contributed by atoms with Crippen LogP contribution in [0.25, 0.3) is 0 Å². The predicted octanol–water partition coefficient (Wildman–Crippen LogP) is 3.06. The summed E-state index contributed by atoms with van der Waals surface area (Å²) in [5, 5.41) is 3.22. The number of nitrogens with zero attached hydrogens (tertiary/aromatic N) is 2. The number of imidazole rings is 1. The summed E-state index contributed by atoms with van der Waals surface area (Å²) in [6.07, 6.45) is 4.63. The Labute approximate surface area is 118 Å². The van der Waals surface area contributed by atoms with E-state index in [1.54, 1.807) is 12.3 Å². The molecular weight excluding hydrogens is 257 g/mol. The van der Waals surface area contributed by atoms with Gasteiger partial charge in [-0.05, 0) is 31.0 Å². The number of ether oxygens (including phenoxy) is 1. The minimum atomic E-state index is -0.218. The van der Waals surface area contributed by atoms with Crippen LogP contribution in [-0.4, -0.2) is 22.8 Å². The van der Waals surface area contributed by atoms with E-state index in [1.165, 1.54) is 12.1 Å². The Bertz CT molecular complexity index is 527. The third-order valence-corrected chi connectivity index (χ3v) is 2.95. The van der Waals surface area contributed by atoms with Crippen molar-refractivity contribution in [2.45, 2.75) is 26.4 Å². The van der Waals surface area contributed by atoms with Crippen molar-refractivity contribution < 1.29 is 9.13 Å². The number of hydrogen-bond donors (Lipinski definition) is 1. The molecule has 2 rings (SSSR count). The summed E-state index contributed by atoms with van der Waals surface area (Å²) in [7, 11) is 0. The monoisotopic (exact) mass is 277 g/mol. The zero-order valence-electron chi connectivity index (χ0n) is 11.7. The lowest BCUT2D eigenvalue weighted by Crippen LogP contribution is -2.09. The van der Waals surface area contributed by atoms with Crippen molar-refractivity contribution in [3.05, 3.63) is 48.0 Å². The van der Waals surface area contributed by atoms with Gasteiger partial charge in [0, 0.05) is 38.7 Å². The SMILES string of the molecule is CCOCCCn1ccnc1NCc1cccc(F)c1. The summed E-state index contributed by atoms with van der Waals surface area (Å²) < 4.78 is 20.4. The molecule has 0 aliphatic heterocycles. The van der Waals surface area contributed by atoms with Crippen molar-refractivity contribution in [2.75, 3.05) is 18.5 Å². The van der Waals surface area contributed by atoms with E-state index in [4.69, 9.17) is 4.74 Å². The van der Waals surface area contributed by atoms with E-state index >= 15 is 0 Å². The maximum Gasteiger partial charge on any atom is 0.203 e. The molecule has 20 heavy (non-hydrogen) atoms. The van der Waals surface area contributed by atoms with Gasteiger partial charge in [0.2, 0.25) is 5.95 Å². The van der Waals surface area contributed by atoms with Gasteiger partial charge in [-0.15, -0.1) is 0 Å². The Morgan fingerprint density at radius 3 is 3.10 bits per heavy atom. The van der Waals surface area contributed by atoms with Gasteiger partial charge in [0.05, 0.1) is 0 Å². The molecule has 0 unspecified atom stereocenters. The molecule has 0 saturated carbocycles. The minimum Gasteiger partial charge on any atom is -0.382 e. The quantitative estimate of drug-likeness (QED) is 0.754. The molecule has 0 saturated heterocycles. The lowest BCUT2D eigenvalue weighted by Gasteiger charge is -2.10. The second-order valence-electron chi connectivity index (χ2n) is 4.48. The van der Waals surface area contributed by atoms with E-state index in [9.17, 15) is 4.39 Å². The molecule has 0 fully saturated rings. The van der Waals surface area contributed by atoms with E-state index in [2.05, 4.69) is 10.3 Å². The molecule has 1 N–H and O–H groups in total. The topological polar surface area (TPSA) is 39.1 Å². The van der Waals surface area contributed by atoms with E-state index in [-0.39, 0.29) is 5.82 Å². The second-order valence-corrected chi connectivity index (χ2v) is 4.48. The number of halogens is 1. The van der Waals surface area contributed by atoms with Crippen LogP contribution in [0, 0.1) is 5.82 Å². The Hall–Kier alpha value is -1.88. The van der Waals surface area contributed by atoms with Crippen LogP contribution in [0.1, 0.15) is 18.9 Å². The minimum absolute atomic E-state index is 0.218. The van der Waals surface area contributed by atoms with Gasteiger partial charge >= 0.3 is 0 Å². The van der Waals surface area contributed by atoms with Gasteiger partial charge in [-0.2, -0.15) is 0 Å². The fourth-order valence-corrected chi connectivity index (χ4v) is 1.97. The first-order chi connectivity index (χ1) is 9.79. The standard InChI is InChI=1S/C15H20FN3O/c1-2-20-10-4-8-19-9-7-17-15(19)18-12-13-5-3-6-14(16)11-13/h3,5-7,9,11H,2,4,8,10,12H2,1H3,(H,17,18). The molecule has 5 heteroatoms. The van der Waals surface area contributed by atoms with Crippen molar-refractivity contribution in [2.24, 2.45) is 0 Å². The van der Waals surface area contributed by atoms with Gasteiger partial charge in [0.1, 0.15) is 5.82 Å². The Morgan fingerprint density at radius 2 is 2.30 bits per heavy atom. The fourth-order valence-electron chi connectivity index (χ4n) is 1.97. The predicted molar refractivity (Wildman–Crippen MR) is 77.1 cm³/mol. The number of aromatic nitrogens is 2. The van der Waals surface area contributed by atoms with Gasteiger partial charge in [0.15, 0.2) is 0 Å². The Balaban J connectivity index is 1.85. The molecule has 4 nitrogen and oxygen atoms in total. The molecule has 1 heterocycles. The van der Waals surface area contributed by atoms with Crippen molar-refractivity contribution in [3.8, 4) is 0 Å². The van der Waals surface area contributed by atoms with Crippen LogP contribution in [0.5, 0.6) is 0 Å². The van der Waals surface area contributed by atoms with E-state index < -0.39 is 0 Å². The molecule has 1 aromatic heterocycles. The summed E-state index contributed by atoms with van der Waals surface area (Å²) in [6, 6.07) is 6.56. The summed E-state index contributed by atoms with van der Waals surface area (Å²) in [5.74, 6) is 0.579. The van der Waals surface area contributed by atoms with Crippen molar-refractivity contribution >= 4 is 5.95 Å². The summed E-state index contributed by atoms with van der Waals surface area (Å²) in [6.45, 7) is 4.89. The normalized spacial score (nSPS) is 10.7. The molecule has 108 valence electrons. The molecule has 1 aromatic carbocycles. The molecule has 0 bridgehead atoms. The van der Waals surface area contributed by atoms with Crippen molar-refractivity contribution in [3.63, 3.8) is 0 Å². The lowest BCUT2D eigenvalue weighted by atomic mass is 10.2. The largest absolute Gasteiger partial charge is 0.382 e. The lowest BCUT2D eigenvalue weighted by molar-refractivity contribution is 0.142. The molecule has 0 atom stereocenters.